The van der Waals surface area contributed by atoms with Crippen molar-refractivity contribution < 1.29 is 26.8 Å². The molecule has 4 nitrogen and oxygen atoms in total. The van der Waals surface area contributed by atoms with Crippen LogP contribution in [0.1, 0.15) is 5.69 Å². The largest absolute Gasteiger partial charge is 0.573 e. The van der Waals surface area contributed by atoms with Gasteiger partial charge in [-0.1, -0.05) is 5.16 Å². The molecule has 0 aliphatic heterocycles. The second kappa shape index (κ2) is 4.88. The van der Waals surface area contributed by atoms with E-state index in [1.807, 2.05) is 0 Å². The van der Waals surface area contributed by atoms with E-state index < -0.39 is 17.9 Å². The van der Waals surface area contributed by atoms with Crippen LogP contribution in [0.5, 0.6) is 5.75 Å². The number of benzene rings is 1. The topological polar surface area (TPSA) is 61.3 Å². The Kier molecular flexibility index (Phi) is 3.43. The van der Waals surface area contributed by atoms with Crippen molar-refractivity contribution in [2.75, 3.05) is 0 Å². The highest BCUT2D eigenvalue weighted by atomic mass is 19.4. The second-order valence-electron chi connectivity index (χ2n) is 3.61. The molecule has 0 aliphatic rings. The van der Waals surface area contributed by atoms with Crippen LogP contribution in [0.15, 0.2) is 28.8 Å². The molecule has 0 fully saturated rings. The van der Waals surface area contributed by atoms with Gasteiger partial charge in [-0.3, -0.25) is 0 Å². The summed E-state index contributed by atoms with van der Waals surface area (Å²) in [6, 6.07) is 4.03. The molecule has 0 radical (unpaired) electrons. The summed E-state index contributed by atoms with van der Waals surface area (Å²) in [5.41, 5.74) is 5.79. The first kappa shape index (κ1) is 13.3. The summed E-state index contributed by atoms with van der Waals surface area (Å²) in [5, 5.41) is 3.56. The molecule has 102 valence electrons. The van der Waals surface area contributed by atoms with Gasteiger partial charge in [-0.15, -0.1) is 13.2 Å². The van der Waals surface area contributed by atoms with Crippen molar-refractivity contribution in [2.45, 2.75) is 12.9 Å². The summed E-state index contributed by atoms with van der Waals surface area (Å²) in [4.78, 5) is 0. The Labute approximate surface area is 104 Å². The lowest BCUT2D eigenvalue weighted by atomic mass is 10.1. The minimum Gasteiger partial charge on any atom is -0.406 e. The molecule has 0 spiro atoms. The van der Waals surface area contributed by atoms with Crippen LogP contribution < -0.4 is 10.5 Å². The molecule has 2 aromatic rings. The van der Waals surface area contributed by atoms with Gasteiger partial charge in [-0.05, 0) is 12.1 Å². The number of hydrogen-bond donors (Lipinski definition) is 1. The fraction of sp³-hybridized carbons (Fsp3) is 0.182. The minimum atomic E-state index is -4.89. The maximum Gasteiger partial charge on any atom is 0.573 e. The molecular formula is C11H8F4N2O2. The predicted octanol–water partition coefficient (Wildman–Crippen LogP) is 2.84. The first-order valence-electron chi connectivity index (χ1n) is 5.10. The molecule has 0 aliphatic carbocycles. The van der Waals surface area contributed by atoms with Gasteiger partial charge in [0.1, 0.15) is 11.6 Å². The molecule has 8 heteroatoms. The average Bonchev–Trinajstić information content (AvgIpc) is 2.74. The molecule has 2 rings (SSSR count). The third-order valence-electron chi connectivity index (χ3n) is 2.16. The van der Waals surface area contributed by atoms with Crippen LogP contribution in [0.25, 0.3) is 11.3 Å². The zero-order chi connectivity index (χ0) is 14.0. The van der Waals surface area contributed by atoms with Crippen LogP contribution in [0.4, 0.5) is 17.6 Å². The highest BCUT2D eigenvalue weighted by Gasteiger charge is 2.31. The van der Waals surface area contributed by atoms with Crippen LogP contribution in [-0.4, -0.2) is 11.5 Å². The van der Waals surface area contributed by atoms with Crippen LogP contribution in [-0.2, 0) is 6.54 Å². The number of alkyl halides is 3. The molecule has 19 heavy (non-hydrogen) atoms. The van der Waals surface area contributed by atoms with Gasteiger partial charge in [0.05, 0.1) is 5.69 Å². The van der Waals surface area contributed by atoms with Crippen molar-refractivity contribution in [1.29, 1.82) is 0 Å². The van der Waals surface area contributed by atoms with Crippen LogP contribution in [0.3, 0.4) is 0 Å². The van der Waals surface area contributed by atoms with Crippen LogP contribution in [0, 0.1) is 5.82 Å². The molecule has 1 heterocycles. The molecule has 0 unspecified atom stereocenters. The SMILES string of the molecule is NCc1cc(-c2cc(F)cc(OC(F)(F)F)c2)on1. The third kappa shape index (κ3) is 3.44. The molecule has 0 bridgehead atoms. The number of aromatic nitrogens is 1. The molecular weight excluding hydrogens is 268 g/mol. The van der Waals surface area contributed by atoms with E-state index in [1.54, 1.807) is 0 Å². The lowest BCUT2D eigenvalue weighted by molar-refractivity contribution is -0.274. The molecule has 0 saturated heterocycles. The maximum atomic E-state index is 13.2. The number of nitrogens with zero attached hydrogens (tertiary/aromatic N) is 1. The van der Waals surface area contributed by atoms with Gasteiger partial charge in [0, 0.05) is 24.2 Å². The van der Waals surface area contributed by atoms with E-state index in [4.69, 9.17) is 10.3 Å². The molecule has 2 N–H and O–H groups in total. The molecule has 0 amide bonds. The van der Waals surface area contributed by atoms with E-state index in [0.29, 0.717) is 11.8 Å². The maximum absolute atomic E-state index is 13.2. The zero-order valence-corrected chi connectivity index (χ0v) is 9.37. The van der Waals surface area contributed by atoms with Crippen molar-refractivity contribution in [3.63, 3.8) is 0 Å². The number of hydrogen-bond acceptors (Lipinski definition) is 4. The Morgan fingerprint density at radius 3 is 2.53 bits per heavy atom. The Hall–Kier alpha value is -2.09. The van der Waals surface area contributed by atoms with Crippen LogP contribution in [0.2, 0.25) is 0 Å². The first-order valence-corrected chi connectivity index (χ1v) is 5.10. The Bertz CT molecular complexity index is 580. The van der Waals surface area contributed by atoms with Gasteiger partial charge in [-0.2, -0.15) is 0 Å². The van der Waals surface area contributed by atoms with Gasteiger partial charge < -0.3 is 15.0 Å². The molecule has 1 aromatic carbocycles. The van der Waals surface area contributed by atoms with Crippen LogP contribution >= 0.6 is 0 Å². The fourth-order valence-electron chi connectivity index (χ4n) is 1.44. The predicted molar refractivity (Wildman–Crippen MR) is 56.5 cm³/mol. The number of rotatable bonds is 3. The van der Waals surface area contributed by atoms with E-state index in [1.165, 1.54) is 6.07 Å². The van der Waals surface area contributed by atoms with E-state index in [-0.39, 0.29) is 17.9 Å². The van der Waals surface area contributed by atoms with Gasteiger partial charge >= 0.3 is 6.36 Å². The summed E-state index contributed by atoms with van der Waals surface area (Å²) in [7, 11) is 0. The number of ether oxygens (including phenoxy) is 1. The van der Waals surface area contributed by atoms with Gasteiger partial charge in [0.15, 0.2) is 5.76 Å². The average molecular weight is 276 g/mol. The Balaban J connectivity index is 2.35. The first-order chi connectivity index (χ1) is 8.87. The summed E-state index contributed by atoms with van der Waals surface area (Å²) < 4.78 is 57.9. The smallest absolute Gasteiger partial charge is 0.406 e. The van der Waals surface area contributed by atoms with Crippen molar-refractivity contribution in [1.82, 2.24) is 5.16 Å². The van der Waals surface area contributed by atoms with E-state index in [9.17, 15) is 17.6 Å². The van der Waals surface area contributed by atoms with E-state index in [2.05, 4.69) is 9.89 Å². The number of halogens is 4. The monoisotopic (exact) mass is 276 g/mol. The van der Waals surface area contributed by atoms with Crippen molar-refractivity contribution in [3.8, 4) is 17.1 Å². The van der Waals surface area contributed by atoms with E-state index in [0.717, 1.165) is 12.1 Å². The standard InChI is InChI=1S/C11H8F4N2O2/c12-7-1-6(10-4-8(5-16)17-19-10)2-9(3-7)18-11(13,14)15/h1-4H,5,16H2. The van der Waals surface area contributed by atoms with Crippen molar-refractivity contribution in [3.05, 3.63) is 35.8 Å². The molecule has 1 aromatic heterocycles. The lowest BCUT2D eigenvalue weighted by Gasteiger charge is -2.09. The summed E-state index contributed by atoms with van der Waals surface area (Å²) in [5.74, 6) is -1.46. The third-order valence-corrected chi connectivity index (χ3v) is 2.16. The number of nitrogens with two attached hydrogens (primary N) is 1. The van der Waals surface area contributed by atoms with Crippen molar-refractivity contribution >= 4 is 0 Å². The van der Waals surface area contributed by atoms with Crippen molar-refractivity contribution in [2.24, 2.45) is 5.73 Å². The van der Waals surface area contributed by atoms with Gasteiger partial charge in [0.25, 0.3) is 0 Å². The minimum absolute atomic E-state index is 0.0754. The molecule has 0 atom stereocenters. The highest BCUT2D eigenvalue weighted by Crippen LogP contribution is 2.29. The normalized spacial score (nSPS) is 11.6. The van der Waals surface area contributed by atoms with Gasteiger partial charge in [0.2, 0.25) is 0 Å². The summed E-state index contributed by atoms with van der Waals surface area (Å²) in [6.07, 6.45) is -4.89. The Morgan fingerprint density at radius 1 is 1.21 bits per heavy atom. The lowest BCUT2D eigenvalue weighted by Crippen LogP contribution is -2.17. The van der Waals surface area contributed by atoms with Gasteiger partial charge in [-0.25, -0.2) is 4.39 Å². The second-order valence-corrected chi connectivity index (χ2v) is 3.61. The molecule has 0 saturated carbocycles. The summed E-state index contributed by atoms with van der Waals surface area (Å²) in [6.45, 7) is 0.102. The Morgan fingerprint density at radius 2 is 1.95 bits per heavy atom. The highest BCUT2D eigenvalue weighted by molar-refractivity contribution is 5.59. The quantitative estimate of drug-likeness (QED) is 0.876. The zero-order valence-electron chi connectivity index (χ0n) is 9.37. The van der Waals surface area contributed by atoms with E-state index >= 15 is 0 Å². The summed E-state index contributed by atoms with van der Waals surface area (Å²) >= 11 is 0. The fourth-order valence-corrected chi connectivity index (χ4v) is 1.44.